The van der Waals surface area contributed by atoms with E-state index in [1.54, 1.807) is 6.20 Å². The maximum Gasteiger partial charge on any atom is 0.136 e. The number of pyridine rings is 1. The minimum absolute atomic E-state index is 0.0139. The van der Waals surface area contributed by atoms with E-state index in [9.17, 15) is 4.55 Å². The fourth-order valence-corrected chi connectivity index (χ4v) is 3.16. The Bertz CT molecular complexity index is 569. The smallest absolute Gasteiger partial charge is 0.136 e. The lowest BCUT2D eigenvalue weighted by molar-refractivity contribution is 0.499. The van der Waals surface area contributed by atoms with Crippen LogP contribution in [0.1, 0.15) is 50.9 Å². The van der Waals surface area contributed by atoms with E-state index in [0.29, 0.717) is 0 Å². The van der Waals surface area contributed by atoms with Crippen LogP contribution >= 0.6 is 0 Å². The van der Waals surface area contributed by atoms with Crippen molar-refractivity contribution in [2.75, 3.05) is 0 Å². The van der Waals surface area contributed by atoms with E-state index in [2.05, 4.69) is 34.0 Å². The van der Waals surface area contributed by atoms with Crippen LogP contribution in [0.2, 0.25) is 0 Å². The summed E-state index contributed by atoms with van der Waals surface area (Å²) in [6.07, 6.45) is 4.75. The Morgan fingerprint density at radius 1 is 1.09 bits per heavy atom. The van der Waals surface area contributed by atoms with Crippen molar-refractivity contribution in [1.29, 1.82) is 0 Å². The first-order valence-corrected chi connectivity index (χ1v) is 9.25. The largest absolute Gasteiger partial charge is 0.598 e. The molecule has 0 spiro atoms. The zero-order valence-electron chi connectivity index (χ0n) is 14.2. The third kappa shape index (κ3) is 5.98. The third-order valence-corrected chi connectivity index (χ3v) is 5.26. The van der Waals surface area contributed by atoms with Gasteiger partial charge in [0.1, 0.15) is 4.75 Å². The van der Waals surface area contributed by atoms with Gasteiger partial charge in [-0.3, -0.25) is 4.98 Å². The van der Waals surface area contributed by atoms with Crippen molar-refractivity contribution in [2.24, 2.45) is 0 Å². The molecule has 0 aliphatic carbocycles. The van der Waals surface area contributed by atoms with Crippen molar-refractivity contribution in [3.63, 3.8) is 0 Å². The van der Waals surface area contributed by atoms with E-state index in [0.717, 1.165) is 25.0 Å². The fraction of sp³-hybridized carbons (Fsp3) is 0.421. The monoisotopic (exact) mass is 330 g/mol. The Balaban J connectivity index is 1.99. The van der Waals surface area contributed by atoms with Gasteiger partial charge in [0.2, 0.25) is 0 Å². The van der Waals surface area contributed by atoms with Gasteiger partial charge in [0, 0.05) is 17.6 Å². The van der Waals surface area contributed by atoms with Crippen LogP contribution < -0.4 is 4.72 Å². The molecule has 1 N–H and O–H groups in total. The van der Waals surface area contributed by atoms with Gasteiger partial charge in [-0.05, 0) is 57.7 Å². The van der Waals surface area contributed by atoms with Gasteiger partial charge >= 0.3 is 0 Å². The van der Waals surface area contributed by atoms with Gasteiger partial charge in [0.15, 0.2) is 0 Å². The molecule has 1 heterocycles. The molecule has 0 radical (unpaired) electrons. The van der Waals surface area contributed by atoms with Crippen LogP contribution in [-0.4, -0.2) is 14.3 Å². The molecule has 0 amide bonds. The van der Waals surface area contributed by atoms with E-state index in [4.69, 9.17) is 0 Å². The summed E-state index contributed by atoms with van der Waals surface area (Å²) in [6, 6.07) is 16.4. The Labute approximate surface area is 142 Å². The minimum atomic E-state index is -1.11. The molecule has 1 aromatic carbocycles. The first-order valence-electron chi connectivity index (χ1n) is 8.10. The third-order valence-electron chi connectivity index (χ3n) is 3.65. The molecule has 124 valence electrons. The zero-order chi connectivity index (χ0) is 16.7. The summed E-state index contributed by atoms with van der Waals surface area (Å²) in [5.74, 6) is 0. The predicted molar refractivity (Wildman–Crippen MR) is 97.4 cm³/mol. The zero-order valence-corrected chi connectivity index (χ0v) is 15.0. The molecule has 1 aromatic heterocycles. The van der Waals surface area contributed by atoms with E-state index in [1.807, 2.05) is 45.0 Å². The molecule has 2 aromatic rings. The number of aryl methyl sites for hydroxylation is 1. The highest BCUT2D eigenvalue weighted by Gasteiger charge is 2.30. The summed E-state index contributed by atoms with van der Waals surface area (Å²) in [5.41, 5.74) is 2.29. The van der Waals surface area contributed by atoms with Crippen LogP contribution in [0.3, 0.4) is 0 Å². The lowest BCUT2D eigenvalue weighted by Crippen LogP contribution is -2.41. The normalized spacial score (nSPS) is 14.4. The van der Waals surface area contributed by atoms with Crippen molar-refractivity contribution in [2.45, 2.75) is 50.8 Å². The molecule has 0 saturated heterocycles. The maximum atomic E-state index is 12.5. The van der Waals surface area contributed by atoms with E-state index in [-0.39, 0.29) is 10.8 Å². The molecule has 3 nitrogen and oxygen atoms in total. The highest BCUT2D eigenvalue weighted by atomic mass is 32.2. The first kappa shape index (κ1) is 18.0. The van der Waals surface area contributed by atoms with Crippen LogP contribution in [0.25, 0.3) is 0 Å². The Morgan fingerprint density at radius 2 is 1.78 bits per heavy atom. The van der Waals surface area contributed by atoms with Gasteiger partial charge in [-0.2, -0.15) is 0 Å². The molecular formula is C19H26N2OS. The highest BCUT2D eigenvalue weighted by Crippen LogP contribution is 2.23. The summed E-state index contributed by atoms with van der Waals surface area (Å²) in [5, 5.41) is 0. The summed E-state index contributed by atoms with van der Waals surface area (Å²) >= 11 is -1.11. The Hall–Kier alpha value is -1.36. The topological polar surface area (TPSA) is 48.0 Å². The van der Waals surface area contributed by atoms with Crippen LogP contribution in [0.4, 0.5) is 0 Å². The van der Waals surface area contributed by atoms with Crippen molar-refractivity contribution >= 4 is 11.4 Å². The van der Waals surface area contributed by atoms with Crippen molar-refractivity contribution in [3.05, 3.63) is 66.0 Å². The van der Waals surface area contributed by atoms with Gasteiger partial charge in [0.25, 0.3) is 0 Å². The first-order chi connectivity index (χ1) is 11.0. The van der Waals surface area contributed by atoms with Crippen molar-refractivity contribution in [1.82, 2.24) is 9.71 Å². The molecule has 0 bridgehead atoms. The molecule has 23 heavy (non-hydrogen) atoms. The van der Waals surface area contributed by atoms with Gasteiger partial charge in [0.05, 0.1) is 11.7 Å². The van der Waals surface area contributed by atoms with Gasteiger partial charge in [-0.15, -0.1) is 4.72 Å². The van der Waals surface area contributed by atoms with Crippen LogP contribution in [0.15, 0.2) is 54.7 Å². The molecule has 2 rings (SSSR count). The van der Waals surface area contributed by atoms with Crippen LogP contribution in [0.5, 0.6) is 0 Å². The molecular weight excluding hydrogens is 304 g/mol. The molecule has 0 saturated carbocycles. The number of aromatic nitrogens is 1. The number of benzene rings is 1. The van der Waals surface area contributed by atoms with Crippen LogP contribution in [0, 0.1) is 0 Å². The molecule has 0 fully saturated rings. The summed E-state index contributed by atoms with van der Waals surface area (Å²) in [4.78, 5) is 4.44. The van der Waals surface area contributed by atoms with Crippen molar-refractivity contribution in [3.8, 4) is 0 Å². The molecule has 2 atom stereocenters. The Morgan fingerprint density at radius 3 is 2.39 bits per heavy atom. The summed E-state index contributed by atoms with van der Waals surface area (Å²) < 4.78 is 15.4. The van der Waals surface area contributed by atoms with E-state index >= 15 is 0 Å². The number of rotatable bonds is 7. The number of nitrogens with one attached hydrogen (secondary N) is 1. The van der Waals surface area contributed by atoms with Gasteiger partial charge < -0.3 is 4.55 Å². The van der Waals surface area contributed by atoms with Crippen molar-refractivity contribution < 1.29 is 4.55 Å². The lowest BCUT2D eigenvalue weighted by atomic mass is 10.0. The standard InChI is InChI=1S/C19H26N2OS/c1-19(2,3)23(22)21-18(17-13-7-8-15-20-17)14-9-12-16-10-5-4-6-11-16/h4-8,10-11,13,15,18,21H,9,12,14H2,1-3H3. The fourth-order valence-electron chi connectivity index (χ4n) is 2.31. The highest BCUT2D eigenvalue weighted by molar-refractivity contribution is 7.90. The van der Waals surface area contributed by atoms with Gasteiger partial charge in [-0.1, -0.05) is 36.4 Å². The van der Waals surface area contributed by atoms with Crippen LogP contribution in [-0.2, 0) is 17.8 Å². The number of hydrogen-bond donors (Lipinski definition) is 1. The second-order valence-electron chi connectivity index (χ2n) is 6.68. The molecule has 0 aliphatic heterocycles. The Kier molecular flexibility index (Phi) is 6.63. The van der Waals surface area contributed by atoms with E-state index in [1.165, 1.54) is 5.56 Å². The number of hydrogen-bond acceptors (Lipinski definition) is 3. The minimum Gasteiger partial charge on any atom is -0.598 e. The number of nitrogens with zero attached hydrogens (tertiary/aromatic N) is 1. The molecule has 2 unspecified atom stereocenters. The maximum absolute atomic E-state index is 12.5. The predicted octanol–water partition coefficient (Wildman–Crippen LogP) is 4.20. The lowest BCUT2D eigenvalue weighted by Gasteiger charge is -2.27. The second-order valence-corrected chi connectivity index (χ2v) is 8.68. The average Bonchev–Trinajstić information content (AvgIpc) is 2.54. The average molecular weight is 330 g/mol. The summed E-state index contributed by atoms with van der Waals surface area (Å²) in [7, 11) is 0. The van der Waals surface area contributed by atoms with E-state index < -0.39 is 11.4 Å². The quantitative estimate of drug-likeness (QED) is 0.774. The van der Waals surface area contributed by atoms with Gasteiger partial charge in [-0.25, -0.2) is 0 Å². The molecule has 4 heteroatoms. The summed E-state index contributed by atoms with van der Waals surface area (Å²) in [6.45, 7) is 5.95. The SMILES string of the molecule is CC(C)(C)[S+]([O-])NC(CCCc1ccccc1)c1ccccn1. The second kappa shape index (κ2) is 8.48. The molecule has 0 aliphatic rings.